The van der Waals surface area contributed by atoms with Crippen LogP contribution >= 0.6 is 34.2 Å². The molecule has 0 unspecified atom stereocenters. The van der Waals surface area contributed by atoms with E-state index in [1.165, 1.54) is 5.56 Å². The molecule has 0 N–H and O–H groups in total. The second kappa shape index (κ2) is 3.46. The molecular formula is C9H8ClIN2. The van der Waals surface area contributed by atoms with Gasteiger partial charge in [0.1, 0.15) is 0 Å². The molecule has 0 aromatic carbocycles. The Kier molecular flexibility index (Phi) is 2.47. The number of imidazole rings is 1. The number of hydrogen-bond donors (Lipinski definition) is 0. The molecule has 0 aliphatic carbocycles. The minimum Gasteiger partial charge on any atom is -0.306 e. The molecule has 13 heavy (non-hydrogen) atoms. The van der Waals surface area contributed by atoms with Crippen molar-refractivity contribution in [1.82, 2.24) is 9.38 Å². The molecule has 0 atom stereocenters. The van der Waals surface area contributed by atoms with Gasteiger partial charge in [0.2, 0.25) is 0 Å². The molecule has 0 fully saturated rings. The van der Waals surface area contributed by atoms with E-state index in [2.05, 4.69) is 46.8 Å². The van der Waals surface area contributed by atoms with Crippen LogP contribution in [0.1, 0.15) is 11.3 Å². The molecule has 0 aliphatic rings. The Balaban J connectivity index is 2.75. The molecule has 0 spiro atoms. The number of rotatable bonds is 1. The number of aryl methyl sites for hydroxylation is 1. The molecule has 2 rings (SSSR count). The highest BCUT2D eigenvalue weighted by Gasteiger charge is 2.04. The van der Waals surface area contributed by atoms with Crippen LogP contribution in [0.25, 0.3) is 5.65 Å². The van der Waals surface area contributed by atoms with Gasteiger partial charge in [-0.1, -0.05) is 0 Å². The lowest BCUT2D eigenvalue weighted by molar-refractivity contribution is 1.14. The fraction of sp³-hybridized carbons (Fsp3) is 0.222. The standard InChI is InChI=1S/C9H8ClIN2/c1-6-2-8(11)9-12-7(3-10)5-13(9)4-6/h2,4-5H,3H2,1H3. The zero-order valence-electron chi connectivity index (χ0n) is 7.09. The van der Waals surface area contributed by atoms with Crippen LogP contribution in [-0.4, -0.2) is 9.38 Å². The van der Waals surface area contributed by atoms with Gasteiger partial charge in [-0.25, -0.2) is 4.98 Å². The molecule has 0 radical (unpaired) electrons. The van der Waals surface area contributed by atoms with E-state index in [1.54, 1.807) is 0 Å². The lowest BCUT2D eigenvalue weighted by Crippen LogP contribution is -1.87. The van der Waals surface area contributed by atoms with Crippen molar-refractivity contribution in [2.75, 3.05) is 0 Å². The van der Waals surface area contributed by atoms with Crippen LogP contribution < -0.4 is 0 Å². The van der Waals surface area contributed by atoms with E-state index in [0.29, 0.717) is 5.88 Å². The average molecular weight is 307 g/mol. The Morgan fingerprint density at radius 1 is 1.54 bits per heavy atom. The van der Waals surface area contributed by atoms with Gasteiger partial charge in [-0.05, 0) is 41.1 Å². The summed E-state index contributed by atoms with van der Waals surface area (Å²) in [5, 5.41) is 0. The fourth-order valence-electron chi connectivity index (χ4n) is 1.30. The highest BCUT2D eigenvalue weighted by atomic mass is 127. The van der Waals surface area contributed by atoms with E-state index >= 15 is 0 Å². The second-order valence-electron chi connectivity index (χ2n) is 2.96. The van der Waals surface area contributed by atoms with Gasteiger partial charge in [-0.3, -0.25) is 0 Å². The maximum absolute atomic E-state index is 5.71. The molecule has 2 aromatic rings. The van der Waals surface area contributed by atoms with E-state index in [9.17, 15) is 0 Å². The van der Waals surface area contributed by atoms with Crippen LogP contribution in [0.2, 0.25) is 0 Å². The van der Waals surface area contributed by atoms with Crippen molar-refractivity contribution in [1.29, 1.82) is 0 Å². The molecule has 4 heteroatoms. The van der Waals surface area contributed by atoms with Gasteiger partial charge in [0, 0.05) is 12.4 Å². The van der Waals surface area contributed by atoms with Gasteiger partial charge in [-0.2, -0.15) is 0 Å². The largest absolute Gasteiger partial charge is 0.306 e. The number of fused-ring (bicyclic) bond motifs is 1. The molecular weight excluding hydrogens is 298 g/mol. The first-order valence-corrected chi connectivity index (χ1v) is 5.51. The van der Waals surface area contributed by atoms with Gasteiger partial charge in [0.15, 0.2) is 5.65 Å². The SMILES string of the molecule is Cc1cc(I)c2nc(CCl)cn2c1. The summed E-state index contributed by atoms with van der Waals surface area (Å²) in [6.07, 6.45) is 4.03. The molecule has 2 nitrogen and oxygen atoms in total. The third kappa shape index (κ3) is 1.67. The summed E-state index contributed by atoms with van der Waals surface area (Å²) in [4.78, 5) is 4.40. The van der Waals surface area contributed by atoms with Crippen LogP contribution in [0, 0.1) is 10.5 Å². The topological polar surface area (TPSA) is 17.3 Å². The third-order valence-electron chi connectivity index (χ3n) is 1.83. The normalized spacial score (nSPS) is 11.0. The number of nitrogens with zero attached hydrogens (tertiary/aromatic N) is 2. The van der Waals surface area contributed by atoms with Crippen LogP contribution in [-0.2, 0) is 5.88 Å². The van der Waals surface area contributed by atoms with Crippen molar-refractivity contribution >= 4 is 39.8 Å². The highest BCUT2D eigenvalue weighted by Crippen LogP contribution is 2.16. The average Bonchev–Trinajstić information content (AvgIpc) is 2.47. The Morgan fingerprint density at radius 3 is 3.00 bits per heavy atom. The summed E-state index contributed by atoms with van der Waals surface area (Å²) in [5.41, 5.74) is 3.14. The Labute approximate surface area is 95.1 Å². The predicted molar refractivity (Wildman–Crippen MR) is 62.2 cm³/mol. The molecule has 2 aromatic heterocycles. The maximum atomic E-state index is 5.71. The Morgan fingerprint density at radius 2 is 2.31 bits per heavy atom. The molecule has 0 amide bonds. The lowest BCUT2D eigenvalue weighted by Gasteiger charge is -1.97. The van der Waals surface area contributed by atoms with Crippen molar-refractivity contribution in [3.05, 3.63) is 33.3 Å². The first-order valence-electron chi connectivity index (χ1n) is 3.90. The number of hydrogen-bond acceptors (Lipinski definition) is 1. The summed E-state index contributed by atoms with van der Waals surface area (Å²) in [7, 11) is 0. The van der Waals surface area contributed by atoms with E-state index in [1.807, 2.05) is 10.6 Å². The Hall–Kier alpha value is -0.290. The number of halogens is 2. The van der Waals surface area contributed by atoms with E-state index in [4.69, 9.17) is 11.6 Å². The highest BCUT2D eigenvalue weighted by molar-refractivity contribution is 14.1. The number of aromatic nitrogens is 2. The summed E-state index contributed by atoms with van der Waals surface area (Å²) >= 11 is 8.00. The van der Waals surface area contributed by atoms with Crippen molar-refractivity contribution < 1.29 is 0 Å². The zero-order valence-corrected chi connectivity index (χ0v) is 10.0. The van der Waals surface area contributed by atoms with Gasteiger partial charge in [0.25, 0.3) is 0 Å². The second-order valence-corrected chi connectivity index (χ2v) is 4.39. The first kappa shape index (κ1) is 9.27. The van der Waals surface area contributed by atoms with Crippen molar-refractivity contribution in [2.45, 2.75) is 12.8 Å². The molecule has 0 saturated carbocycles. The van der Waals surface area contributed by atoms with Crippen LogP contribution in [0.15, 0.2) is 18.5 Å². The van der Waals surface area contributed by atoms with E-state index in [0.717, 1.165) is 14.9 Å². The fourth-order valence-corrected chi connectivity index (χ4v) is 2.32. The van der Waals surface area contributed by atoms with Crippen LogP contribution in [0.4, 0.5) is 0 Å². The quantitative estimate of drug-likeness (QED) is 0.585. The molecule has 0 bridgehead atoms. The van der Waals surface area contributed by atoms with Crippen molar-refractivity contribution in [2.24, 2.45) is 0 Å². The smallest absolute Gasteiger partial charge is 0.150 e. The summed E-state index contributed by atoms with van der Waals surface area (Å²) < 4.78 is 3.18. The molecule has 68 valence electrons. The van der Waals surface area contributed by atoms with Gasteiger partial charge in [-0.15, -0.1) is 11.6 Å². The third-order valence-corrected chi connectivity index (χ3v) is 2.90. The molecule has 0 saturated heterocycles. The van der Waals surface area contributed by atoms with Crippen LogP contribution in [0.3, 0.4) is 0 Å². The van der Waals surface area contributed by atoms with Crippen molar-refractivity contribution in [3.8, 4) is 0 Å². The molecule has 0 aliphatic heterocycles. The van der Waals surface area contributed by atoms with E-state index in [-0.39, 0.29) is 0 Å². The number of alkyl halides is 1. The summed E-state index contributed by atoms with van der Waals surface area (Å²) in [6, 6.07) is 2.11. The van der Waals surface area contributed by atoms with E-state index < -0.39 is 0 Å². The summed E-state index contributed by atoms with van der Waals surface area (Å²) in [6.45, 7) is 2.07. The lowest BCUT2D eigenvalue weighted by atomic mass is 10.3. The van der Waals surface area contributed by atoms with Gasteiger partial charge in [0.05, 0.1) is 15.1 Å². The van der Waals surface area contributed by atoms with Gasteiger partial charge < -0.3 is 4.40 Å². The zero-order chi connectivity index (χ0) is 9.42. The maximum Gasteiger partial charge on any atom is 0.150 e. The minimum absolute atomic E-state index is 0.469. The predicted octanol–water partition coefficient (Wildman–Crippen LogP) is 2.99. The number of pyridine rings is 1. The monoisotopic (exact) mass is 306 g/mol. The molecule has 2 heterocycles. The van der Waals surface area contributed by atoms with Crippen LogP contribution in [0.5, 0.6) is 0 Å². The van der Waals surface area contributed by atoms with Gasteiger partial charge >= 0.3 is 0 Å². The van der Waals surface area contributed by atoms with Crippen molar-refractivity contribution in [3.63, 3.8) is 0 Å². The first-order chi connectivity index (χ1) is 6.20. The summed E-state index contributed by atoms with van der Waals surface area (Å²) in [5.74, 6) is 0.469. The Bertz CT molecular complexity index is 450. The minimum atomic E-state index is 0.469.